The molecule has 0 aromatic heterocycles. The first-order valence-electron chi connectivity index (χ1n) is 5.78. The second-order valence-electron chi connectivity index (χ2n) is 4.73. The van der Waals surface area contributed by atoms with Gasteiger partial charge in [-0.15, -0.1) is 0 Å². The number of rotatable bonds is 5. The van der Waals surface area contributed by atoms with Gasteiger partial charge in [0, 0.05) is 27.2 Å². The molecule has 1 saturated heterocycles. The van der Waals surface area contributed by atoms with Crippen LogP contribution in [0.25, 0.3) is 0 Å². The van der Waals surface area contributed by atoms with Crippen molar-refractivity contribution in [2.45, 2.75) is 38.1 Å². The van der Waals surface area contributed by atoms with Crippen molar-refractivity contribution in [3.8, 4) is 6.07 Å². The smallest absolute Gasteiger partial charge is 0.159 e. The number of hydrogen-bond acceptors (Lipinski definition) is 5. The molecular weight excluding hydrogens is 222 g/mol. The zero-order valence-electron chi connectivity index (χ0n) is 10.7. The van der Waals surface area contributed by atoms with Crippen molar-refractivity contribution in [2.75, 3.05) is 27.4 Å². The minimum atomic E-state index is -1.20. The Balaban J connectivity index is 2.81. The Morgan fingerprint density at radius 3 is 2.59 bits per heavy atom. The Morgan fingerprint density at radius 1 is 1.53 bits per heavy atom. The van der Waals surface area contributed by atoms with Crippen molar-refractivity contribution in [2.24, 2.45) is 5.41 Å². The number of ether oxygens (including phenoxy) is 3. The highest BCUT2D eigenvalue weighted by molar-refractivity contribution is 5.11. The van der Waals surface area contributed by atoms with Crippen LogP contribution in [0.4, 0.5) is 0 Å². The predicted octanol–water partition coefficient (Wildman–Crippen LogP) is 1.07. The molecule has 0 radical (unpaired) electrons. The molecule has 5 heteroatoms. The third-order valence-electron chi connectivity index (χ3n) is 3.58. The average Bonchev–Trinajstić information content (AvgIpc) is 2.36. The minimum Gasteiger partial charge on any atom is -0.388 e. The van der Waals surface area contributed by atoms with E-state index in [4.69, 9.17) is 14.2 Å². The molecule has 1 aliphatic rings. The molecule has 1 heterocycles. The molecule has 2 atom stereocenters. The number of methoxy groups -OCH3 is 2. The normalized spacial score (nSPS) is 28.7. The lowest BCUT2D eigenvalue weighted by Gasteiger charge is -2.43. The fraction of sp³-hybridized carbons (Fsp3) is 0.917. The number of aliphatic hydroxyl groups is 1. The van der Waals surface area contributed by atoms with Gasteiger partial charge in [0.05, 0.1) is 18.3 Å². The number of nitrogens with zero attached hydrogens (tertiary/aromatic N) is 1. The minimum absolute atomic E-state index is 0.247. The molecule has 2 unspecified atom stereocenters. The summed E-state index contributed by atoms with van der Waals surface area (Å²) in [4.78, 5) is 0. The van der Waals surface area contributed by atoms with E-state index in [1.807, 2.05) is 0 Å². The molecule has 0 aliphatic carbocycles. The van der Waals surface area contributed by atoms with Crippen LogP contribution in [0, 0.1) is 16.7 Å². The van der Waals surface area contributed by atoms with Crippen molar-refractivity contribution in [3.63, 3.8) is 0 Å². The lowest BCUT2D eigenvalue weighted by atomic mass is 9.69. The van der Waals surface area contributed by atoms with Crippen molar-refractivity contribution >= 4 is 0 Å². The number of nitriles is 1. The fourth-order valence-corrected chi connectivity index (χ4v) is 2.21. The largest absolute Gasteiger partial charge is 0.388 e. The first-order chi connectivity index (χ1) is 8.01. The van der Waals surface area contributed by atoms with E-state index in [9.17, 15) is 10.4 Å². The quantitative estimate of drug-likeness (QED) is 0.731. The highest BCUT2D eigenvalue weighted by Crippen LogP contribution is 2.41. The van der Waals surface area contributed by atoms with E-state index < -0.39 is 17.3 Å². The van der Waals surface area contributed by atoms with E-state index in [0.29, 0.717) is 13.0 Å². The third kappa shape index (κ3) is 2.96. The average molecular weight is 243 g/mol. The summed E-state index contributed by atoms with van der Waals surface area (Å²) >= 11 is 0. The SMILES string of the molecule is COC(CC(C)(O)C1(C#N)CCCOC1)OC. The molecule has 0 aromatic carbocycles. The van der Waals surface area contributed by atoms with E-state index in [-0.39, 0.29) is 13.0 Å². The standard InChI is InChI=1S/C12H21NO4/c1-11(14,7-10(15-2)16-3)12(8-13)5-4-6-17-9-12/h10,14H,4-7,9H2,1-3H3. The Morgan fingerprint density at radius 2 is 2.18 bits per heavy atom. The molecule has 0 saturated carbocycles. The van der Waals surface area contributed by atoms with E-state index >= 15 is 0 Å². The molecule has 5 nitrogen and oxygen atoms in total. The molecule has 1 rings (SSSR count). The molecule has 0 amide bonds. The molecule has 0 bridgehead atoms. The summed E-state index contributed by atoms with van der Waals surface area (Å²) in [5.41, 5.74) is -2.07. The van der Waals surface area contributed by atoms with Gasteiger partial charge in [0.15, 0.2) is 6.29 Å². The van der Waals surface area contributed by atoms with Crippen molar-refractivity contribution in [1.29, 1.82) is 5.26 Å². The van der Waals surface area contributed by atoms with Crippen LogP contribution in [0.1, 0.15) is 26.2 Å². The summed E-state index contributed by atoms with van der Waals surface area (Å²) in [6.45, 7) is 2.56. The van der Waals surface area contributed by atoms with E-state index in [1.165, 1.54) is 14.2 Å². The maximum Gasteiger partial charge on any atom is 0.159 e. The fourth-order valence-electron chi connectivity index (χ4n) is 2.21. The van der Waals surface area contributed by atoms with Gasteiger partial charge in [-0.05, 0) is 19.8 Å². The summed E-state index contributed by atoms with van der Waals surface area (Å²) in [5, 5.41) is 19.9. The molecule has 1 aliphatic heterocycles. The van der Waals surface area contributed by atoms with Gasteiger partial charge in [0.25, 0.3) is 0 Å². The van der Waals surface area contributed by atoms with Gasteiger partial charge in [0.1, 0.15) is 5.41 Å². The molecular formula is C12H21NO4. The van der Waals surface area contributed by atoms with Gasteiger partial charge >= 0.3 is 0 Å². The lowest BCUT2D eigenvalue weighted by molar-refractivity contribution is -0.178. The second-order valence-corrected chi connectivity index (χ2v) is 4.73. The van der Waals surface area contributed by atoms with Crippen LogP contribution in [0.2, 0.25) is 0 Å². The van der Waals surface area contributed by atoms with Crippen molar-refractivity contribution < 1.29 is 19.3 Å². The van der Waals surface area contributed by atoms with Crippen LogP contribution in [0.5, 0.6) is 0 Å². The van der Waals surface area contributed by atoms with Crippen LogP contribution in [-0.4, -0.2) is 44.4 Å². The lowest BCUT2D eigenvalue weighted by Crippen LogP contribution is -2.52. The molecule has 1 N–H and O–H groups in total. The van der Waals surface area contributed by atoms with Crippen LogP contribution < -0.4 is 0 Å². The molecule has 98 valence electrons. The van der Waals surface area contributed by atoms with Crippen LogP contribution in [-0.2, 0) is 14.2 Å². The maximum absolute atomic E-state index is 10.6. The van der Waals surface area contributed by atoms with E-state index in [0.717, 1.165) is 6.42 Å². The van der Waals surface area contributed by atoms with Gasteiger partial charge < -0.3 is 19.3 Å². The first kappa shape index (κ1) is 14.4. The Kier molecular flexibility index (Phi) is 4.90. The van der Waals surface area contributed by atoms with Gasteiger partial charge in [-0.1, -0.05) is 0 Å². The van der Waals surface area contributed by atoms with Crippen LogP contribution >= 0.6 is 0 Å². The second kappa shape index (κ2) is 5.78. The highest BCUT2D eigenvalue weighted by atomic mass is 16.7. The van der Waals surface area contributed by atoms with Crippen LogP contribution in [0.15, 0.2) is 0 Å². The maximum atomic E-state index is 10.6. The summed E-state index contributed by atoms with van der Waals surface area (Å²) in [7, 11) is 3.03. The Bertz CT molecular complexity index is 275. The zero-order valence-corrected chi connectivity index (χ0v) is 10.7. The zero-order chi connectivity index (χ0) is 12.9. The van der Waals surface area contributed by atoms with Crippen molar-refractivity contribution in [1.82, 2.24) is 0 Å². The van der Waals surface area contributed by atoms with Crippen molar-refractivity contribution in [3.05, 3.63) is 0 Å². The van der Waals surface area contributed by atoms with E-state index in [1.54, 1.807) is 6.92 Å². The van der Waals surface area contributed by atoms with Gasteiger partial charge in [-0.2, -0.15) is 5.26 Å². The first-order valence-corrected chi connectivity index (χ1v) is 5.78. The third-order valence-corrected chi connectivity index (χ3v) is 3.58. The van der Waals surface area contributed by atoms with Gasteiger partial charge in [-0.3, -0.25) is 0 Å². The summed E-state index contributed by atoms with van der Waals surface area (Å²) in [5.74, 6) is 0. The van der Waals surface area contributed by atoms with Gasteiger partial charge in [0.2, 0.25) is 0 Å². The Labute approximate surface area is 102 Å². The highest BCUT2D eigenvalue weighted by Gasteiger charge is 2.50. The monoisotopic (exact) mass is 243 g/mol. The summed E-state index contributed by atoms with van der Waals surface area (Å²) < 4.78 is 15.5. The number of hydrogen-bond donors (Lipinski definition) is 1. The summed E-state index contributed by atoms with van der Waals surface area (Å²) in [6.07, 6.45) is 1.15. The topological polar surface area (TPSA) is 71.7 Å². The predicted molar refractivity (Wildman–Crippen MR) is 61.1 cm³/mol. The summed E-state index contributed by atoms with van der Waals surface area (Å²) in [6, 6.07) is 2.23. The Hall–Kier alpha value is -0.670. The van der Waals surface area contributed by atoms with E-state index in [2.05, 4.69) is 6.07 Å². The molecule has 17 heavy (non-hydrogen) atoms. The molecule has 0 aromatic rings. The molecule has 0 spiro atoms. The van der Waals surface area contributed by atoms with Crippen LogP contribution in [0.3, 0.4) is 0 Å². The molecule has 1 fully saturated rings. The van der Waals surface area contributed by atoms with Gasteiger partial charge in [-0.25, -0.2) is 0 Å².